The van der Waals surface area contributed by atoms with E-state index in [0.29, 0.717) is 6.42 Å². The Labute approximate surface area is 117 Å². The minimum atomic E-state index is -3.94. The van der Waals surface area contributed by atoms with E-state index in [9.17, 15) is 16.8 Å². The Bertz CT molecular complexity index is 654. The molecule has 108 valence electrons. The van der Waals surface area contributed by atoms with E-state index in [1.54, 1.807) is 6.92 Å². The normalized spacial score (nSPS) is 12.2. The molecule has 0 unspecified atom stereocenters. The van der Waals surface area contributed by atoms with Gasteiger partial charge in [0, 0.05) is 10.7 Å². The van der Waals surface area contributed by atoms with Crippen LogP contribution in [0.15, 0.2) is 23.1 Å². The van der Waals surface area contributed by atoms with Gasteiger partial charge in [0.2, 0.25) is 10.0 Å². The van der Waals surface area contributed by atoms with E-state index in [2.05, 4.69) is 4.72 Å². The van der Waals surface area contributed by atoms with Crippen molar-refractivity contribution >= 4 is 35.4 Å². The lowest BCUT2D eigenvalue weighted by Gasteiger charge is -2.12. The Morgan fingerprint density at radius 2 is 1.89 bits per heavy atom. The molecule has 0 radical (unpaired) electrons. The zero-order valence-electron chi connectivity index (χ0n) is 10.4. The molecule has 0 amide bonds. The van der Waals surface area contributed by atoms with Gasteiger partial charge in [-0.25, -0.2) is 16.8 Å². The summed E-state index contributed by atoms with van der Waals surface area (Å²) in [6.07, 6.45) is 0.436. The number of hydrogen-bond acceptors (Lipinski definition) is 5. The van der Waals surface area contributed by atoms with Gasteiger partial charge in [0.25, 0.3) is 9.05 Å². The number of sulfonamides is 1. The van der Waals surface area contributed by atoms with Crippen molar-refractivity contribution in [3.05, 3.63) is 18.2 Å². The summed E-state index contributed by atoms with van der Waals surface area (Å²) in [5.41, 5.74) is 0.0395. The van der Waals surface area contributed by atoms with E-state index in [-0.39, 0.29) is 22.1 Å². The van der Waals surface area contributed by atoms with Gasteiger partial charge in [-0.3, -0.25) is 4.72 Å². The Kier molecular flexibility index (Phi) is 5.05. The minimum Gasteiger partial charge on any atom is -0.495 e. The van der Waals surface area contributed by atoms with Gasteiger partial charge in [0.1, 0.15) is 5.75 Å². The molecule has 19 heavy (non-hydrogen) atoms. The third kappa shape index (κ3) is 4.55. The molecule has 0 aliphatic rings. The van der Waals surface area contributed by atoms with Crippen LogP contribution in [0.25, 0.3) is 0 Å². The van der Waals surface area contributed by atoms with Crippen LogP contribution in [0.3, 0.4) is 0 Å². The Hall–Kier alpha value is -0.990. The fourth-order valence-corrected chi connectivity index (χ4v) is 3.32. The maximum atomic E-state index is 11.7. The van der Waals surface area contributed by atoms with E-state index in [0.717, 1.165) is 6.07 Å². The molecule has 0 aromatic heterocycles. The van der Waals surface area contributed by atoms with Crippen LogP contribution in [0.5, 0.6) is 5.75 Å². The molecular formula is C10H14ClNO5S2. The number of benzene rings is 1. The first-order chi connectivity index (χ1) is 8.69. The van der Waals surface area contributed by atoms with Gasteiger partial charge in [-0.15, -0.1) is 0 Å². The van der Waals surface area contributed by atoms with Gasteiger partial charge in [0.05, 0.1) is 23.4 Å². The Morgan fingerprint density at radius 3 is 2.37 bits per heavy atom. The number of rotatable bonds is 6. The summed E-state index contributed by atoms with van der Waals surface area (Å²) in [5, 5.41) is 0. The zero-order chi connectivity index (χ0) is 14.7. The molecule has 1 N–H and O–H groups in total. The molecule has 6 nitrogen and oxygen atoms in total. The van der Waals surface area contributed by atoms with E-state index in [4.69, 9.17) is 15.4 Å². The average molecular weight is 328 g/mol. The standard InChI is InChI=1S/C10H14ClNO5S2/c1-3-6-18(13,14)12-9-7-8(19(11,15)16)4-5-10(9)17-2/h4-5,7,12H,3,6H2,1-2H3. The molecule has 0 heterocycles. The fraction of sp³-hybridized carbons (Fsp3) is 0.400. The van der Waals surface area contributed by atoms with Crippen LogP contribution in [-0.2, 0) is 19.1 Å². The molecule has 1 aromatic rings. The van der Waals surface area contributed by atoms with E-state index in [1.807, 2.05) is 0 Å². The van der Waals surface area contributed by atoms with Crippen LogP contribution in [0.4, 0.5) is 5.69 Å². The van der Waals surface area contributed by atoms with Gasteiger partial charge in [0.15, 0.2) is 0 Å². The molecule has 0 fully saturated rings. The second kappa shape index (κ2) is 5.98. The molecule has 1 aromatic carbocycles. The van der Waals surface area contributed by atoms with Crippen molar-refractivity contribution in [1.29, 1.82) is 0 Å². The van der Waals surface area contributed by atoms with Crippen LogP contribution in [0.1, 0.15) is 13.3 Å². The van der Waals surface area contributed by atoms with Crippen molar-refractivity contribution in [2.75, 3.05) is 17.6 Å². The lowest BCUT2D eigenvalue weighted by Crippen LogP contribution is -2.16. The van der Waals surface area contributed by atoms with Crippen molar-refractivity contribution < 1.29 is 21.6 Å². The van der Waals surface area contributed by atoms with Crippen molar-refractivity contribution in [3.63, 3.8) is 0 Å². The van der Waals surface area contributed by atoms with Gasteiger partial charge in [-0.1, -0.05) is 6.92 Å². The van der Waals surface area contributed by atoms with Crippen LogP contribution < -0.4 is 9.46 Å². The van der Waals surface area contributed by atoms with E-state index >= 15 is 0 Å². The number of methoxy groups -OCH3 is 1. The molecule has 0 saturated carbocycles. The number of anilines is 1. The third-order valence-electron chi connectivity index (χ3n) is 2.19. The number of nitrogens with one attached hydrogen (secondary N) is 1. The zero-order valence-corrected chi connectivity index (χ0v) is 12.8. The quantitative estimate of drug-likeness (QED) is 0.804. The highest BCUT2D eigenvalue weighted by Gasteiger charge is 2.17. The lowest BCUT2D eigenvalue weighted by atomic mass is 10.3. The molecular weight excluding hydrogens is 314 g/mol. The highest BCUT2D eigenvalue weighted by Crippen LogP contribution is 2.29. The molecule has 0 aliphatic carbocycles. The number of ether oxygens (including phenoxy) is 1. The molecule has 9 heteroatoms. The lowest BCUT2D eigenvalue weighted by molar-refractivity contribution is 0.416. The summed E-state index contributed by atoms with van der Waals surface area (Å²) < 4.78 is 53.1. The topological polar surface area (TPSA) is 89.5 Å². The highest BCUT2D eigenvalue weighted by atomic mass is 35.7. The molecule has 0 aliphatic heterocycles. The van der Waals surface area contributed by atoms with Gasteiger partial charge in [-0.05, 0) is 24.6 Å². The Balaban J connectivity index is 3.25. The Morgan fingerprint density at radius 1 is 1.26 bits per heavy atom. The molecule has 0 spiro atoms. The van der Waals surface area contributed by atoms with E-state index < -0.39 is 19.1 Å². The summed E-state index contributed by atoms with van der Waals surface area (Å²) in [5.74, 6) is 0.136. The van der Waals surface area contributed by atoms with Crippen LogP contribution in [-0.4, -0.2) is 29.7 Å². The van der Waals surface area contributed by atoms with Crippen molar-refractivity contribution in [2.24, 2.45) is 0 Å². The minimum absolute atomic E-state index is 0.0395. The maximum Gasteiger partial charge on any atom is 0.261 e. The summed E-state index contributed by atoms with van der Waals surface area (Å²) in [4.78, 5) is -0.204. The van der Waals surface area contributed by atoms with Crippen molar-refractivity contribution in [2.45, 2.75) is 18.2 Å². The fourth-order valence-electron chi connectivity index (χ4n) is 1.41. The van der Waals surface area contributed by atoms with Crippen molar-refractivity contribution in [3.8, 4) is 5.75 Å². The van der Waals surface area contributed by atoms with Gasteiger partial charge < -0.3 is 4.74 Å². The monoisotopic (exact) mass is 327 g/mol. The second-order valence-corrected chi connectivity index (χ2v) is 8.13. The third-order valence-corrected chi connectivity index (χ3v) is 5.02. The first-order valence-electron chi connectivity index (χ1n) is 5.33. The first-order valence-corrected chi connectivity index (χ1v) is 9.29. The van der Waals surface area contributed by atoms with Crippen LogP contribution in [0, 0.1) is 0 Å². The maximum absolute atomic E-state index is 11.7. The van der Waals surface area contributed by atoms with Gasteiger partial charge in [-0.2, -0.15) is 0 Å². The van der Waals surface area contributed by atoms with Crippen LogP contribution in [0.2, 0.25) is 0 Å². The second-order valence-electron chi connectivity index (χ2n) is 3.72. The van der Waals surface area contributed by atoms with Crippen molar-refractivity contribution in [1.82, 2.24) is 0 Å². The molecule has 0 atom stereocenters. The SMILES string of the molecule is CCCS(=O)(=O)Nc1cc(S(=O)(=O)Cl)ccc1OC. The first kappa shape index (κ1) is 16.1. The largest absolute Gasteiger partial charge is 0.495 e. The summed E-state index contributed by atoms with van der Waals surface area (Å²) >= 11 is 0. The number of hydrogen-bond donors (Lipinski definition) is 1. The predicted octanol–water partition coefficient (Wildman–Crippen LogP) is 1.77. The average Bonchev–Trinajstić information content (AvgIpc) is 2.27. The molecule has 0 bridgehead atoms. The van der Waals surface area contributed by atoms with Crippen LogP contribution >= 0.6 is 10.7 Å². The predicted molar refractivity (Wildman–Crippen MR) is 73.7 cm³/mol. The number of halogens is 1. The summed E-state index contributed by atoms with van der Waals surface area (Å²) in [6, 6.07) is 3.69. The van der Waals surface area contributed by atoms with E-state index in [1.165, 1.54) is 19.2 Å². The smallest absolute Gasteiger partial charge is 0.261 e. The molecule has 1 rings (SSSR count). The highest BCUT2D eigenvalue weighted by molar-refractivity contribution is 8.13. The van der Waals surface area contributed by atoms with Gasteiger partial charge >= 0.3 is 0 Å². The summed E-state index contributed by atoms with van der Waals surface area (Å²) in [7, 11) is -0.922. The molecule has 0 saturated heterocycles. The summed E-state index contributed by atoms with van der Waals surface area (Å²) in [6.45, 7) is 1.72.